The van der Waals surface area contributed by atoms with Gasteiger partial charge in [0.2, 0.25) is 5.82 Å². The molecule has 1 fully saturated rings. The fraction of sp³-hybridized carbons (Fsp3) is 0.300. The molecule has 0 radical (unpaired) electrons. The maximum atomic E-state index is 4.68. The van der Waals surface area contributed by atoms with Crippen molar-refractivity contribution in [1.82, 2.24) is 35.0 Å². The number of piperidine rings is 1. The quantitative estimate of drug-likeness (QED) is 0.585. The molecule has 1 aliphatic rings. The zero-order valence-electron chi connectivity index (χ0n) is 15.0. The van der Waals surface area contributed by atoms with Gasteiger partial charge in [-0.2, -0.15) is 5.10 Å². The predicted octanol–water partition coefficient (Wildman–Crippen LogP) is 3.12. The Bertz CT molecular complexity index is 1040. The van der Waals surface area contributed by atoms with Gasteiger partial charge in [0.25, 0.3) is 0 Å². The highest BCUT2D eigenvalue weighted by molar-refractivity contribution is 5.82. The highest BCUT2D eigenvalue weighted by Crippen LogP contribution is 2.28. The van der Waals surface area contributed by atoms with Gasteiger partial charge >= 0.3 is 0 Å². The van der Waals surface area contributed by atoms with Crippen molar-refractivity contribution in [3.05, 3.63) is 60.4 Å². The number of nitrogens with zero attached hydrogens (tertiary/aromatic N) is 5. The molecule has 7 heteroatoms. The van der Waals surface area contributed by atoms with Crippen molar-refractivity contribution in [2.24, 2.45) is 0 Å². The molecule has 27 heavy (non-hydrogen) atoms. The van der Waals surface area contributed by atoms with Gasteiger partial charge in [-0.15, -0.1) is 0 Å². The number of nitrogens with one attached hydrogen (secondary N) is 2. The molecule has 136 valence electrons. The molecule has 1 unspecified atom stereocenters. The normalized spacial score (nSPS) is 18.1. The molecule has 1 aliphatic heterocycles. The maximum absolute atomic E-state index is 4.68. The van der Waals surface area contributed by atoms with Crippen LogP contribution in [0.4, 0.5) is 0 Å². The van der Waals surface area contributed by atoms with Crippen molar-refractivity contribution in [2.45, 2.75) is 25.3 Å². The first-order chi connectivity index (χ1) is 13.4. The summed E-state index contributed by atoms with van der Waals surface area (Å²) in [6.45, 7) is 3.04. The molecular formula is C20H21N7. The van der Waals surface area contributed by atoms with Crippen molar-refractivity contribution in [1.29, 1.82) is 0 Å². The Morgan fingerprint density at radius 2 is 2.15 bits per heavy atom. The lowest BCUT2D eigenvalue weighted by Crippen LogP contribution is -2.34. The van der Waals surface area contributed by atoms with Crippen LogP contribution in [0.5, 0.6) is 0 Å². The average molecular weight is 359 g/mol. The van der Waals surface area contributed by atoms with Gasteiger partial charge in [0, 0.05) is 48.5 Å². The molecule has 7 nitrogen and oxygen atoms in total. The van der Waals surface area contributed by atoms with Crippen LogP contribution in [0.2, 0.25) is 0 Å². The molecule has 2 N–H and O–H groups in total. The Morgan fingerprint density at radius 3 is 3.07 bits per heavy atom. The SMILES string of the molecule is c1ccc2c(CN3CCCC(c4nc(-c5cnccn5)n[nH]4)C3)c[nH]c2c1. The monoisotopic (exact) mass is 359 g/mol. The van der Waals surface area contributed by atoms with E-state index in [0.29, 0.717) is 17.4 Å². The van der Waals surface area contributed by atoms with Crippen LogP contribution in [-0.2, 0) is 6.54 Å². The molecule has 0 amide bonds. The van der Waals surface area contributed by atoms with Gasteiger partial charge in [-0.1, -0.05) is 18.2 Å². The average Bonchev–Trinajstić information content (AvgIpc) is 3.37. The van der Waals surface area contributed by atoms with E-state index in [1.54, 1.807) is 18.6 Å². The highest BCUT2D eigenvalue weighted by atomic mass is 15.2. The predicted molar refractivity (Wildman–Crippen MR) is 103 cm³/mol. The first-order valence-electron chi connectivity index (χ1n) is 9.33. The number of hydrogen-bond acceptors (Lipinski definition) is 5. The summed E-state index contributed by atoms with van der Waals surface area (Å²) in [4.78, 5) is 18.9. The summed E-state index contributed by atoms with van der Waals surface area (Å²) in [6, 6.07) is 8.48. The van der Waals surface area contributed by atoms with Crippen molar-refractivity contribution in [3.63, 3.8) is 0 Å². The lowest BCUT2D eigenvalue weighted by Gasteiger charge is -2.31. The van der Waals surface area contributed by atoms with Crippen molar-refractivity contribution < 1.29 is 0 Å². The van der Waals surface area contributed by atoms with Crippen molar-refractivity contribution in [3.8, 4) is 11.5 Å². The molecule has 4 heterocycles. The number of benzene rings is 1. The summed E-state index contributed by atoms with van der Waals surface area (Å²) in [5.74, 6) is 1.92. The molecule has 0 saturated carbocycles. The maximum Gasteiger partial charge on any atom is 0.201 e. The third-order valence-corrected chi connectivity index (χ3v) is 5.26. The molecule has 1 saturated heterocycles. The summed E-state index contributed by atoms with van der Waals surface area (Å²) in [6.07, 6.45) is 9.43. The van der Waals surface area contributed by atoms with E-state index in [1.165, 1.54) is 16.5 Å². The Morgan fingerprint density at radius 1 is 1.19 bits per heavy atom. The Labute approximate surface area is 156 Å². The topological polar surface area (TPSA) is 86.4 Å². The molecule has 3 aromatic heterocycles. The molecule has 0 spiro atoms. The van der Waals surface area contributed by atoms with Crippen LogP contribution in [0.1, 0.15) is 30.1 Å². The number of likely N-dealkylation sites (tertiary alicyclic amines) is 1. The van der Waals surface area contributed by atoms with Crippen LogP contribution in [0.3, 0.4) is 0 Å². The second-order valence-corrected chi connectivity index (χ2v) is 7.07. The number of aromatic nitrogens is 6. The zero-order chi connectivity index (χ0) is 18.1. The molecule has 1 aromatic carbocycles. The van der Waals surface area contributed by atoms with E-state index in [4.69, 9.17) is 0 Å². The van der Waals surface area contributed by atoms with E-state index < -0.39 is 0 Å². The summed E-state index contributed by atoms with van der Waals surface area (Å²) in [7, 11) is 0. The Kier molecular flexibility index (Phi) is 4.14. The van der Waals surface area contributed by atoms with Gasteiger partial charge in [-0.3, -0.25) is 15.0 Å². The lowest BCUT2D eigenvalue weighted by atomic mass is 9.97. The van der Waals surface area contributed by atoms with E-state index in [1.807, 2.05) is 0 Å². The van der Waals surface area contributed by atoms with E-state index in [-0.39, 0.29) is 0 Å². The van der Waals surface area contributed by atoms with Crippen LogP contribution in [0.25, 0.3) is 22.4 Å². The van der Waals surface area contributed by atoms with Gasteiger partial charge < -0.3 is 4.98 Å². The standard InChI is InChI=1S/C20H21N7/c1-2-6-17-16(5-1)15(10-23-17)13-27-9-3-4-14(12-27)19-24-20(26-25-19)18-11-21-7-8-22-18/h1-2,5-8,10-11,14,23H,3-4,9,12-13H2,(H,24,25,26). The molecule has 4 aromatic rings. The second-order valence-electron chi connectivity index (χ2n) is 7.07. The van der Waals surface area contributed by atoms with Crippen molar-refractivity contribution in [2.75, 3.05) is 13.1 Å². The van der Waals surface area contributed by atoms with Crippen LogP contribution >= 0.6 is 0 Å². The van der Waals surface area contributed by atoms with Gasteiger partial charge in [0.1, 0.15) is 11.5 Å². The van der Waals surface area contributed by atoms with Gasteiger partial charge in [-0.05, 0) is 31.0 Å². The van der Waals surface area contributed by atoms with E-state index >= 15 is 0 Å². The van der Waals surface area contributed by atoms with E-state index in [9.17, 15) is 0 Å². The number of fused-ring (bicyclic) bond motifs is 1. The summed E-state index contributed by atoms with van der Waals surface area (Å²) >= 11 is 0. The number of H-pyrrole nitrogens is 2. The van der Waals surface area contributed by atoms with E-state index in [2.05, 4.69) is 65.5 Å². The van der Waals surface area contributed by atoms with E-state index in [0.717, 1.165) is 38.3 Å². The first kappa shape index (κ1) is 16.1. The minimum atomic E-state index is 0.363. The van der Waals surface area contributed by atoms with Crippen LogP contribution in [0.15, 0.2) is 49.1 Å². The third-order valence-electron chi connectivity index (χ3n) is 5.26. The first-order valence-corrected chi connectivity index (χ1v) is 9.33. The smallest absolute Gasteiger partial charge is 0.201 e. The number of para-hydroxylation sites is 1. The minimum Gasteiger partial charge on any atom is -0.361 e. The van der Waals surface area contributed by atoms with Crippen LogP contribution in [-0.4, -0.2) is 48.1 Å². The molecule has 1 atom stereocenters. The molecule has 5 rings (SSSR count). The third kappa shape index (κ3) is 3.21. The number of rotatable bonds is 4. The highest BCUT2D eigenvalue weighted by Gasteiger charge is 2.25. The lowest BCUT2D eigenvalue weighted by molar-refractivity contribution is 0.197. The zero-order valence-corrected chi connectivity index (χ0v) is 15.0. The summed E-state index contributed by atoms with van der Waals surface area (Å²) < 4.78 is 0. The largest absolute Gasteiger partial charge is 0.361 e. The second kappa shape index (κ2) is 6.92. The van der Waals surface area contributed by atoms with Crippen molar-refractivity contribution >= 4 is 10.9 Å². The molecule has 0 aliphatic carbocycles. The van der Waals surface area contributed by atoms with Crippen LogP contribution in [0, 0.1) is 0 Å². The molecular weight excluding hydrogens is 338 g/mol. The Hall–Kier alpha value is -3.06. The fourth-order valence-electron chi connectivity index (χ4n) is 3.91. The molecule has 0 bridgehead atoms. The minimum absolute atomic E-state index is 0.363. The number of hydrogen-bond donors (Lipinski definition) is 2. The summed E-state index contributed by atoms with van der Waals surface area (Å²) in [5.41, 5.74) is 3.25. The van der Waals surface area contributed by atoms with Gasteiger partial charge in [0.15, 0.2) is 0 Å². The van der Waals surface area contributed by atoms with Crippen LogP contribution < -0.4 is 0 Å². The fourth-order valence-corrected chi connectivity index (χ4v) is 3.91. The van der Waals surface area contributed by atoms with Gasteiger partial charge in [-0.25, -0.2) is 9.97 Å². The van der Waals surface area contributed by atoms with Gasteiger partial charge in [0.05, 0.1) is 6.20 Å². The Balaban J connectivity index is 1.32. The summed E-state index contributed by atoms with van der Waals surface area (Å²) in [5, 5.41) is 8.77. The number of aromatic amines is 2.